The van der Waals surface area contributed by atoms with Crippen LogP contribution in [0, 0.1) is 11.8 Å². The molecule has 3 atom stereocenters. The van der Waals surface area contributed by atoms with Gasteiger partial charge in [-0.2, -0.15) is 0 Å². The molecule has 0 bridgehead atoms. The van der Waals surface area contributed by atoms with Gasteiger partial charge in [0.25, 0.3) is 0 Å². The third kappa shape index (κ3) is 6.83. The van der Waals surface area contributed by atoms with Crippen molar-refractivity contribution >= 4 is 11.9 Å². The van der Waals surface area contributed by atoms with E-state index in [1.807, 2.05) is 30.3 Å². The zero-order chi connectivity index (χ0) is 24.6. The van der Waals surface area contributed by atoms with Crippen molar-refractivity contribution in [3.63, 3.8) is 0 Å². The van der Waals surface area contributed by atoms with Crippen molar-refractivity contribution in [2.75, 3.05) is 32.8 Å². The number of piperidine rings is 1. The summed E-state index contributed by atoms with van der Waals surface area (Å²) >= 11 is 0. The van der Waals surface area contributed by atoms with Gasteiger partial charge in [-0.15, -0.1) is 0 Å². The van der Waals surface area contributed by atoms with Crippen molar-refractivity contribution in [3.05, 3.63) is 65.7 Å². The summed E-state index contributed by atoms with van der Waals surface area (Å²) in [7, 11) is 0. The number of hydrogen-bond acceptors (Lipinski definition) is 5. The number of likely N-dealkylation sites (tertiary alicyclic amines) is 1. The molecule has 3 unspecified atom stereocenters. The Morgan fingerprint density at radius 2 is 1.97 bits per heavy atom. The van der Waals surface area contributed by atoms with Crippen LogP contribution in [0.2, 0.25) is 0 Å². The Labute approximate surface area is 203 Å². The number of nitrogens with zero attached hydrogens (tertiary/aromatic N) is 1. The zero-order valence-electron chi connectivity index (χ0n) is 20.6. The second-order valence-corrected chi connectivity index (χ2v) is 9.61. The van der Waals surface area contributed by atoms with Gasteiger partial charge >= 0.3 is 5.97 Å². The van der Waals surface area contributed by atoms with Crippen molar-refractivity contribution in [2.45, 2.75) is 45.4 Å². The van der Waals surface area contributed by atoms with E-state index in [4.69, 9.17) is 4.74 Å². The normalized spacial score (nSPS) is 21.6. The van der Waals surface area contributed by atoms with Crippen molar-refractivity contribution < 1.29 is 19.4 Å². The third-order valence-electron chi connectivity index (χ3n) is 7.18. The molecule has 184 valence electrons. The number of carbonyl (C=O) groups is 2. The van der Waals surface area contributed by atoms with Crippen molar-refractivity contribution in [1.29, 1.82) is 0 Å². The van der Waals surface area contributed by atoms with E-state index in [0.29, 0.717) is 31.2 Å². The number of carbonyl (C=O) groups excluding carboxylic acids is 2. The Hall–Kier alpha value is -2.86. The molecule has 6 heteroatoms. The van der Waals surface area contributed by atoms with Crippen LogP contribution in [0.3, 0.4) is 0 Å². The number of esters is 1. The summed E-state index contributed by atoms with van der Waals surface area (Å²) in [6.07, 6.45) is 1.79. The van der Waals surface area contributed by atoms with Crippen LogP contribution in [0.4, 0.5) is 0 Å². The molecule has 0 aliphatic carbocycles. The Balaban J connectivity index is 1.65. The molecule has 0 radical (unpaired) electrons. The van der Waals surface area contributed by atoms with E-state index < -0.39 is 0 Å². The molecule has 1 heterocycles. The van der Waals surface area contributed by atoms with Gasteiger partial charge in [-0.1, -0.05) is 56.3 Å². The molecule has 2 aromatic rings. The van der Waals surface area contributed by atoms with Gasteiger partial charge in [0.05, 0.1) is 18.9 Å². The summed E-state index contributed by atoms with van der Waals surface area (Å²) in [5, 5.41) is 12.9. The molecule has 1 fully saturated rings. The van der Waals surface area contributed by atoms with Gasteiger partial charge in [-0.3, -0.25) is 9.59 Å². The topological polar surface area (TPSA) is 78.9 Å². The molecule has 0 aromatic heterocycles. The standard InChI is InChI=1S/C28H38N2O4/c1-4-34-26(32)13-15-29-27(33)23(17-22-9-6-5-7-10-22)20-30-16-14-28(3,21(2)19-30)24-11-8-12-25(31)18-24/h5-12,18,21,23,31H,4,13-17,19-20H2,1-3H3,(H,29,33). The van der Waals surface area contributed by atoms with Crippen LogP contribution in [0.5, 0.6) is 5.75 Å². The van der Waals surface area contributed by atoms with Crippen molar-refractivity contribution in [2.24, 2.45) is 11.8 Å². The number of ether oxygens (including phenoxy) is 1. The second kappa shape index (κ2) is 12.0. The van der Waals surface area contributed by atoms with Gasteiger partial charge in [0.1, 0.15) is 5.75 Å². The van der Waals surface area contributed by atoms with E-state index in [1.165, 1.54) is 0 Å². The Kier molecular flexibility index (Phi) is 9.11. The third-order valence-corrected chi connectivity index (χ3v) is 7.18. The fourth-order valence-corrected chi connectivity index (χ4v) is 4.89. The van der Waals surface area contributed by atoms with Crippen LogP contribution in [-0.4, -0.2) is 54.7 Å². The molecule has 1 amide bonds. The van der Waals surface area contributed by atoms with Crippen LogP contribution >= 0.6 is 0 Å². The Morgan fingerprint density at radius 3 is 2.65 bits per heavy atom. The van der Waals surface area contributed by atoms with Crippen LogP contribution in [0.25, 0.3) is 0 Å². The van der Waals surface area contributed by atoms with Crippen LogP contribution in [-0.2, 0) is 26.2 Å². The lowest BCUT2D eigenvalue weighted by Gasteiger charge is -2.45. The molecule has 34 heavy (non-hydrogen) atoms. The number of aromatic hydroxyl groups is 1. The van der Waals surface area contributed by atoms with Crippen molar-refractivity contribution in [3.8, 4) is 5.75 Å². The average Bonchev–Trinajstić information content (AvgIpc) is 2.82. The number of amides is 1. The van der Waals surface area contributed by atoms with Gasteiger partial charge in [0.15, 0.2) is 0 Å². The SMILES string of the molecule is CCOC(=O)CCNC(=O)C(Cc1ccccc1)CN1CCC(C)(c2cccc(O)c2)C(C)C1. The number of nitrogens with one attached hydrogen (secondary N) is 1. The molecule has 3 rings (SSSR count). The maximum Gasteiger partial charge on any atom is 0.307 e. The van der Waals surface area contributed by atoms with Crippen LogP contribution in [0.1, 0.15) is 44.7 Å². The lowest BCUT2D eigenvalue weighted by molar-refractivity contribution is -0.143. The molecule has 1 saturated heterocycles. The smallest absolute Gasteiger partial charge is 0.307 e. The predicted octanol–water partition coefficient (Wildman–Crippen LogP) is 3.92. The summed E-state index contributed by atoms with van der Waals surface area (Å²) in [5.74, 6) is 0.144. The van der Waals surface area contributed by atoms with E-state index >= 15 is 0 Å². The molecule has 0 spiro atoms. The predicted molar refractivity (Wildman–Crippen MR) is 134 cm³/mol. The van der Waals surface area contributed by atoms with Crippen molar-refractivity contribution in [1.82, 2.24) is 10.2 Å². The fraction of sp³-hybridized carbons (Fsp3) is 0.500. The lowest BCUT2D eigenvalue weighted by atomic mass is 9.68. The summed E-state index contributed by atoms with van der Waals surface area (Å²) in [6, 6.07) is 17.7. The molecule has 0 saturated carbocycles. The highest BCUT2D eigenvalue weighted by Gasteiger charge is 2.39. The molecule has 1 aliphatic heterocycles. The highest BCUT2D eigenvalue weighted by Crippen LogP contribution is 2.40. The van der Waals surface area contributed by atoms with Crippen LogP contribution < -0.4 is 5.32 Å². The van der Waals surface area contributed by atoms with E-state index in [9.17, 15) is 14.7 Å². The minimum atomic E-state index is -0.293. The van der Waals surface area contributed by atoms with Gasteiger partial charge < -0.3 is 20.1 Å². The maximum absolute atomic E-state index is 13.1. The maximum atomic E-state index is 13.1. The Bertz CT molecular complexity index is 948. The first-order chi connectivity index (χ1) is 16.3. The lowest BCUT2D eigenvalue weighted by Crippen LogP contribution is -2.50. The molecule has 6 nitrogen and oxygen atoms in total. The number of hydrogen-bond donors (Lipinski definition) is 2. The first-order valence-corrected chi connectivity index (χ1v) is 12.3. The largest absolute Gasteiger partial charge is 0.508 e. The van der Waals surface area contributed by atoms with Gasteiger partial charge in [-0.25, -0.2) is 0 Å². The summed E-state index contributed by atoms with van der Waals surface area (Å²) in [6.45, 7) is 9.37. The van der Waals surface area contributed by atoms with Gasteiger partial charge in [0, 0.05) is 19.6 Å². The molecular weight excluding hydrogens is 428 g/mol. The quantitative estimate of drug-likeness (QED) is 0.519. The van der Waals surface area contributed by atoms with E-state index in [1.54, 1.807) is 13.0 Å². The number of rotatable bonds is 10. The van der Waals surface area contributed by atoms with Gasteiger partial charge in [-0.05, 0) is 60.9 Å². The minimum Gasteiger partial charge on any atom is -0.508 e. The average molecular weight is 467 g/mol. The second-order valence-electron chi connectivity index (χ2n) is 9.61. The number of benzene rings is 2. The molecule has 2 aromatic carbocycles. The summed E-state index contributed by atoms with van der Waals surface area (Å²) in [4.78, 5) is 27.1. The highest BCUT2D eigenvalue weighted by atomic mass is 16.5. The van der Waals surface area contributed by atoms with E-state index in [0.717, 1.165) is 30.6 Å². The first-order valence-electron chi connectivity index (χ1n) is 12.3. The van der Waals surface area contributed by atoms with Gasteiger partial charge in [0.2, 0.25) is 5.91 Å². The first kappa shape index (κ1) is 25.8. The highest BCUT2D eigenvalue weighted by molar-refractivity contribution is 5.80. The minimum absolute atomic E-state index is 0.0218. The summed E-state index contributed by atoms with van der Waals surface area (Å²) in [5.41, 5.74) is 2.27. The molecule has 1 aliphatic rings. The summed E-state index contributed by atoms with van der Waals surface area (Å²) < 4.78 is 4.96. The zero-order valence-corrected chi connectivity index (χ0v) is 20.6. The van der Waals surface area contributed by atoms with E-state index in [2.05, 4.69) is 42.3 Å². The Morgan fingerprint density at radius 1 is 1.21 bits per heavy atom. The number of phenols is 1. The molecular formula is C28H38N2O4. The fourth-order valence-electron chi connectivity index (χ4n) is 4.89. The van der Waals surface area contributed by atoms with E-state index in [-0.39, 0.29) is 36.2 Å². The van der Waals surface area contributed by atoms with Crippen LogP contribution in [0.15, 0.2) is 54.6 Å². The molecule has 2 N–H and O–H groups in total. The monoisotopic (exact) mass is 466 g/mol. The number of phenolic OH excluding ortho intramolecular Hbond substituents is 1.